The first-order valence-corrected chi connectivity index (χ1v) is 12.9. The summed E-state index contributed by atoms with van der Waals surface area (Å²) >= 11 is 0. The maximum atomic E-state index is 11.3. The van der Waals surface area contributed by atoms with Gasteiger partial charge in [0.2, 0.25) is 0 Å². The van der Waals surface area contributed by atoms with E-state index in [0.717, 1.165) is 34.8 Å². The van der Waals surface area contributed by atoms with E-state index in [9.17, 15) is 19.2 Å². The molecule has 0 atom stereocenters. The van der Waals surface area contributed by atoms with Gasteiger partial charge in [0.05, 0.1) is 18.2 Å². The van der Waals surface area contributed by atoms with E-state index in [0.29, 0.717) is 16.7 Å². The lowest BCUT2D eigenvalue weighted by molar-refractivity contribution is 0.0599. The normalized spacial score (nSPS) is 9.88. The van der Waals surface area contributed by atoms with Crippen LogP contribution in [0.4, 0.5) is 0 Å². The predicted octanol–water partition coefficient (Wildman–Crippen LogP) is 6.61. The van der Waals surface area contributed by atoms with Crippen molar-refractivity contribution in [2.24, 2.45) is 0 Å². The number of benzene rings is 4. The molecule has 0 aliphatic carbocycles. The Kier molecular flexibility index (Phi) is 12.2. The Bertz CT molecular complexity index is 1740. The highest BCUT2D eigenvalue weighted by Gasteiger charge is 2.03. The van der Waals surface area contributed by atoms with Crippen molar-refractivity contribution in [1.29, 1.82) is 0 Å². The lowest BCUT2D eigenvalue weighted by Crippen LogP contribution is -2.00. The standard InChI is InChI=1S/C19H14O3.C18H12O3/c1-22-19(21)18-12-10-16(11-13-18)5-3-2-4-15-6-8-17(14-20)9-7-15;19-13-16-7-5-14(6-8-16)3-1-2-4-15-9-11-17(12-10-15)18(20)21/h2,4,6-14H,1H3;1,3,5-13H,(H,20,21)/b4-2+;3-1+. The number of ether oxygens (including phenoxy) is 1. The minimum atomic E-state index is -0.951. The fraction of sp³-hybridized carbons (Fsp3) is 0.0270. The number of aromatic carboxylic acids is 1. The van der Waals surface area contributed by atoms with Crippen LogP contribution in [0.25, 0.3) is 12.2 Å². The number of carboxylic acids is 1. The van der Waals surface area contributed by atoms with Crippen molar-refractivity contribution in [2.45, 2.75) is 0 Å². The highest BCUT2D eigenvalue weighted by Crippen LogP contribution is 2.07. The van der Waals surface area contributed by atoms with Gasteiger partial charge in [-0.05, 0) is 84.0 Å². The topological polar surface area (TPSA) is 97.7 Å². The Morgan fingerprint density at radius 2 is 0.953 bits per heavy atom. The van der Waals surface area contributed by atoms with E-state index in [1.807, 2.05) is 36.4 Å². The summed E-state index contributed by atoms with van der Waals surface area (Å²) in [6.07, 6.45) is 8.77. The van der Waals surface area contributed by atoms with Gasteiger partial charge in [0.15, 0.2) is 0 Å². The summed E-state index contributed by atoms with van der Waals surface area (Å²) in [5, 5.41) is 8.78. The van der Waals surface area contributed by atoms with E-state index in [1.54, 1.807) is 72.8 Å². The Hall–Kier alpha value is -6.24. The second-order valence-corrected chi connectivity index (χ2v) is 8.73. The van der Waals surface area contributed by atoms with Gasteiger partial charge in [-0.3, -0.25) is 9.59 Å². The number of methoxy groups -OCH3 is 1. The number of aldehydes is 2. The van der Waals surface area contributed by atoms with Gasteiger partial charge in [-0.1, -0.05) is 72.2 Å². The van der Waals surface area contributed by atoms with Gasteiger partial charge in [0.25, 0.3) is 0 Å². The first-order valence-electron chi connectivity index (χ1n) is 12.9. The molecule has 0 heterocycles. The van der Waals surface area contributed by atoms with Crippen LogP contribution >= 0.6 is 0 Å². The molecule has 0 aromatic heterocycles. The third-order valence-corrected chi connectivity index (χ3v) is 5.73. The number of allylic oxidation sites excluding steroid dienone is 2. The first kappa shape index (κ1) is 31.3. The van der Waals surface area contributed by atoms with Gasteiger partial charge < -0.3 is 9.84 Å². The van der Waals surface area contributed by atoms with Crippen LogP contribution in [-0.4, -0.2) is 36.7 Å². The third-order valence-electron chi connectivity index (χ3n) is 5.73. The van der Waals surface area contributed by atoms with E-state index in [-0.39, 0.29) is 11.5 Å². The molecule has 0 spiro atoms. The number of carbonyl (C=O) groups excluding carboxylic acids is 3. The number of hydrogen-bond acceptors (Lipinski definition) is 5. The van der Waals surface area contributed by atoms with Gasteiger partial charge in [-0.2, -0.15) is 0 Å². The zero-order valence-electron chi connectivity index (χ0n) is 23.2. The summed E-state index contributed by atoms with van der Waals surface area (Å²) in [6.45, 7) is 0. The van der Waals surface area contributed by atoms with Crippen molar-refractivity contribution in [3.63, 3.8) is 0 Å². The van der Waals surface area contributed by atoms with E-state index < -0.39 is 5.97 Å². The van der Waals surface area contributed by atoms with Crippen LogP contribution in [0.2, 0.25) is 0 Å². The molecule has 0 fully saturated rings. The molecule has 0 saturated heterocycles. The number of carbonyl (C=O) groups is 4. The maximum Gasteiger partial charge on any atom is 0.337 e. The van der Waals surface area contributed by atoms with Gasteiger partial charge in [0.1, 0.15) is 12.6 Å². The number of hydrogen-bond donors (Lipinski definition) is 1. The van der Waals surface area contributed by atoms with E-state index >= 15 is 0 Å². The zero-order valence-corrected chi connectivity index (χ0v) is 23.2. The van der Waals surface area contributed by atoms with Crippen LogP contribution in [0, 0.1) is 23.7 Å². The predicted molar refractivity (Wildman–Crippen MR) is 167 cm³/mol. The lowest BCUT2D eigenvalue weighted by Gasteiger charge is -1.97. The summed E-state index contributed by atoms with van der Waals surface area (Å²) in [7, 11) is 1.35. The molecular weight excluding hydrogens is 540 g/mol. The Morgan fingerprint density at radius 3 is 1.30 bits per heavy atom. The van der Waals surface area contributed by atoms with Gasteiger partial charge >= 0.3 is 11.9 Å². The fourth-order valence-corrected chi connectivity index (χ4v) is 3.40. The molecule has 4 rings (SSSR count). The Labute approximate surface area is 250 Å². The minimum absolute atomic E-state index is 0.242. The van der Waals surface area contributed by atoms with Crippen molar-refractivity contribution in [3.05, 3.63) is 154 Å². The first-order chi connectivity index (χ1) is 20.9. The van der Waals surface area contributed by atoms with Crippen LogP contribution in [-0.2, 0) is 4.74 Å². The quantitative estimate of drug-likeness (QED) is 0.160. The molecule has 6 nitrogen and oxygen atoms in total. The maximum absolute atomic E-state index is 11.3. The van der Waals surface area contributed by atoms with Crippen molar-refractivity contribution in [3.8, 4) is 23.7 Å². The highest BCUT2D eigenvalue weighted by molar-refractivity contribution is 5.89. The Morgan fingerprint density at radius 1 is 0.581 bits per heavy atom. The molecule has 0 unspecified atom stereocenters. The molecule has 1 N–H and O–H groups in total. The highest BCUT2D eigenvalue weighted by atomic mass is 16.5. The fourth-order valence-electron chi connectivity index (χ4n) is 3.40. The van der Waals surface area contributed by atoms with Gasteiger partial charge in [-0.15, -0.1) is 0 Å². The Balaban J connectivity index is 0.000000236. The second kappa shape index (κ2) is 16.8. The van der Waals surface area contributed by atoms with Crippen molar-refractivity contribution < 1.29 is 29.0 Å². The minimum Gasteiger partial charge on any atom is -0.478 e. The van der Waals surface area contributed by atoms with Crippen LogP contribution in [0.15, 0.2) is 109 Å². The van der Waals surface area contributed by atoms with E-state index in [4.69, 9.17) is 5.11 Å². The molecule has 0 saturated carbocycles. The zero-order chi connectivity index (χ0) is 30.9. The second-order valence-electron chi connectivity index (χ2n) is 8.73. The van der Waals surface area contributed by atoms with Crippen molar-refractivity contribution in [2.75, 3.05) is 7.11 Å². The average Bonchev–Trinajstić information content (AvgIpc) is 3.06. The van der Waals surface area contributed by atoms with Crippen LogP contribution in [0.1, 0.15) is 63.7 Å². The molecule has 210 valence electrons. The van der Waals surface area contributed by atoms with Crippen molar-refractivity contribution in [1.82, 2.24) is 0 Å². The van der Waals surface area contributed by atoms with Gasteiger partial charge in [0, 0.05) is 22.3 Å². The molecule has 4 aromatic rings. The van der Waals surface area contributed by atoms with Crippen molar-refractivity contribution >= 4 is 36.7 Å². The van der Waals surface area contributed by atoms with E-state index in [1.165, 1.54) is 19.2 Å². The molecular formula is C37H26O6. The number of rotatable bonds is 6. The molecule has 0 radical (unpaired) electrons. The van der Waals surface area contributed by atoms with Crippen LogP contribution in [0.5, 0.6) is 0 Å². The average molecular weight is 567 g/mol. The number of esters is 1. The van der Waals surface area contributed by atoms with Crippen LogP contribution in [0.3, 0.4) is 0 Å². The lowest BCUT2D eigenvalue weighted by atomic mass is 10.1. The summed E-state index contributed by atoms with van der Waals surface area (Å²) in [5.41, 5.74) is 5.52. The summed E-state index contributed by atoms with van der Waals surface area (Å²) < 4.78 is 4.63. The third kappa shape index (κ3) is 10.7. The molecule has 0 amide bonds. The van der Waals surface area contributed by atoms with E-state index in [2.05, 4.69) is 28.4 Å². The monoisotopic (exact) mass is 566 g/mol. The summed E-state index contributed by atoms with van der Waals surface area (Å²) in [5.74, 6) is 10.4. The molecule has 6 heteroatoms. The summed E-state index contributed by atoms with van der Waals surface area (Å²) in [4.78, 5) is 43.1. The van der Waals surface area contributed by atoms with Crippen LogP contribution < -0.4 is 0 Å². The molecule has 0 aliphatic heterocycles. The molecule has 43 heavy (non-hydrogen) atoms. The largest absolute Gasteiger partial charge is 0.478 e. The number of carboxylic acid groups (broad SMARTS) is 1. The van der Waals surface area contributed by atoms with Gasteiger partial charge in [-0.25, -0.2) is 9.59 Å². The molecule has 4 aromatic carbocycles. The summed E-state index contributed by atoms with van der Waals surface area (Å²) in [6, 6.07) is 27.7. The smallest absolute Gasteiger partial charge is 0.337 e. The SMILES string of the molecule is COC(=O)c1ccc(C#C/C=C/c2ccc(C=O)cc2)cc1.O=Cc1ccc(/C=C/C#Cc2ccc(C(=O)O)cc2)cc1. The molecule has 0 bridgehead atoms. The molecule has 0 aliphatic rings.